The predicted molar refractivity (Wildman–Crippen MR) is 82.1 cm³/mol. The Bertz CT molecular complexity index is 364. The van der Waals surface area contributed by atoms with Crippen LogP contribution in [0.1, 0.15) is 31.9 Å². The quantitative estimate of drug-likeness (QED) is 0.672. The summed E-state index contributed by atoms with van der Waals surface area (Å²) in [4.78, 5) is 0. The minimum atomic E-state index is 0.558. The largest absolute Gasteiger partial charge is 0.496 e. The van der Waals surface area contributed by atoms with Gasteiger partial charge in [-0.1, -0.05) is 32.9 Å². The molecule has 0 saturated heterocycles. The third-order valence-corrected chi connectivity index (χ3v) is 3.18. The maximum atomic E-state index is 5.41. The van der Waals surface area contributed by atoms with Gasteiger partial charge >= 0.3 is 0 Å². The van der Waals surface area contributed by atoms with Crippen molar-refractivity contribution in [1.29, 1.82) is 0 Å². The van der Waals surface area contributed by atoms with Crippen molar-refractivity contribution in [2.75, 3.05) is 26.7 Å². The van der Waals surface area contributed by atoms with Crippen LogP contribution in [0, 0.1) is 0 Å². The number of nitrogens with one attached hydrogen (secondary N) is 2. The third kappa shape index (κ3) is 6.08. The van der Waals surface area contributed by atoms with Crippen molar-refractivity contribution < 1.29 is 4.74 Å². The second-order valence-electron chi connectivity index (χ2n) is 5.11. The lowest BCUT2D eigenvalue weighted by atomic mass is 10.1. The second kappa shape index (κ2) is 8.94. The van der Waals surface area contributed by atoms with E-state index in [1.54, 1.807) is 7.11 Å². The first-order valence-corrected chi connectivity index (χ1v) is 7.27. The molecule has 0 spiro atoms. The molecule has 0 atom stereocenters. The van der Waals surface area contributed by atoms with Crippen molar-refractivity contribution in [1.82, 2.24) is 10.6 Å². The minimum absolute atomic E-state index is 0.558. The van der Waals surface area contributed by atoms with Crippen LogP contribution in [0.5, 0.6) is 5.75 Å². The van der Waals surface area contributed by atoms with Crippen molar-refractivity contribution in [2.24, 2.45) is 0 Å². The fraction of sp³-hybridized carbons (Fsp3) is 0.625. The molecule has 0 bridgehead atoms. The van der Waals surface area contributed by atoms with Crippen LogP contribution in [-0.4, -0.2) is 32.8 Å². The molecule has 108 valence electrons. The van der Waals surface area contributed by atoms with Gasteiger partial charge in [0.15, 0.2) is 0 Å². The average Bonchev–Trinajstić information content (AvgIpc) is 2.42. The molecule has 0 amide bonds. The Balaban J connectivity index is 2.35. The van der Waals surface area contributed by atoms with Gasteiger partial charge in [0, 0.05) is 19.1 Å². The zero-order valence-corrected chi connectivity index (χ0v) is 12.8. The molecule has 1 rings (SSSR count). The molecule has 0 fully saturated rings. The minimum Gasteiger partial charge on any atom is -0.496 e. The summed E-state index contributed by atoms with van der Waals surface area (Å²) in [7, 11) is 1.74. The Hall–Kier alpha value is -1.06. The lowest BCUT2D eigenvalue weighted by Gasteiger charge is -2.12. The highest BCUT2D eigenvalue weighted by Gasteiger charge is 2.03. The van der Waals surface area contributed by atoms with E-state index in [1.165, 1.54) is 11.1 Å². The number of methoxy groups -OCH3 is 1. The first-order chi connectivity index (χ1) is 9.17. The van der Waals surface area contributed by atoms with Crippen molar-refractivity contribution in [2.45, 2.75) is 39.7 Å². The van der Waals surface area contributed by atoms with E-state index in [9.17, 15) is 0 Å². The summed E-state index contributed by atoms with van der Waals surface area (Å²) in [6.45, 7) is 9.53. The Morgan fingerprint density at radius 2 is 1.95 bits per heavy atom. The summed E-state index contributed by atoms with van der Waals surface area (Å²) in [5.74, 6) is 0.999. The normalized spacial score (nSPS) is 11.0. The third-order valence-electron chi connectivity index (χ3n) is 3.18. The highest BCUT2D eigenvalue weighted by Crippen LogP contribution is 2.20. The predicted octanol–water partition coefficient (Wildman–Crippen LogP) is 2.39. The molecule has 0 aliphatic heterocycles. The number of rotatable bonds is 9. The van der Waals surface area contributed by atoms with Gasteiger partial charge in [0.25, 0.3) is 0 Å². The zero-order chi connectivity index (χ0) is 14.1. The van der Waals surface area contributed by atoms with E-state index in [0.717, 1.165) is 38.2 Å². The van der Waals surface area contributed by atoms with Crippen LogP contribution in [0.2, 0.25) is 0 Å². The first kappa shape index (κ1) is 16.0. The molecule has 1 aromatic carbocycles. The van der Waals surface area contributed by atoms with E-state index >= 15 is 0 Å². The SMILES string of the molecule is CCc1ccc(OC)c(CCNCCNC(C)C)c1. The number of hydrogen-bond acceptors (Lipinski definition) is 3. The van der Waals surface area contributed by atoms with Crippen LogP contribution in [0.15, 0.2) is 18.2 Å². The standard InChI is InChI=1S/C16H28N2O/c1-5-14-6-7-16(19-4)15(12-14)8-9-17-10-11-18-13(2)3/h6-7,12-13,17-18H,5,8-11H2,1-4H3. The summed E-state index contributed by atoms with van der Waals surface area (Å²) in [6, 6.07) is 7.03. The van der Waals surface area contributed by atoms with Gasteiger partial charge in [0.05, 0.1) is 7.11 Å². The number of hydrogen-bond donors (Lipinski definition) is 2. The van der Waals surface area contributed by atoms with E-state index in [0.29, 0.717) is 6.04 Å². The number of benzene rings is 1. The molecule has 2 N–H and O–H groups in total. The van der Waals surface area contributed by atoms with Gasteiger partial charge in [0.1, 0.15) is 5.75 Å². The maximum Gasteiger partial charge on any atom is 0.122 e. The van der Waals surface area contributed by atoms with E-state index < -0.39 is 0 Å². The second-order valence-corrected chi connectivity index (χ2v) is 5.11. The molecule has 19 heavy (non-hydrogen) atoms. The van der Waals surface area contributed by atoms with E-state index in [1.807, 2.05) is 0 Å². The molecule has 0 aliphatic carbocycles. The van der Waals surface area contributed by atoms with Crippen LogP contribution in [0.3, 0.4) is 0 Å². The number of aryl methyl sites for hydroxylation is 1. The fourth-order valence-electron chi connectivity index (χ4n) is 2.04. The maximum absolute atomic E-state index is 5.41. The lowest BCUT2D eigenvalue weighted by molar-refractivity contribution is 0.409. The summed E-state index contributed by atoms with van der Waals surface area (Å²) in [5, 5.41) is 6.86. The van der Waals surface area contributed by atoms with E-state index in [2.05, 4.69) is 49.6 Å². The van der Waals surface area contributed by atoms with Gasteiger partial charge in [-0.05, 0) is 36.6 Å². The monoisotopic (exact) mass is 264 g/mol. The smallest absolute Gasteiger partial charge is 0.122 e. The van der Waals surface area contributed by atoms with Crippen LogP contribution in [0.25, 0.3) is 0 Å². The highest BCUT2D eigenvalue weighted by molar-refractivity contribution is 5.37. The number of ether oxygens (including phenoxy) is 1. The summed E-state index contributed by atoms with van der Waals surface area (Å²) >= 11 is 0. The van der Waals surface area contributed by atoms with E-state index in [-0.39, 0.29) is 0 Å². The van der Waals surface area contributed by atoms with Crippen LogP contribution in [0.4, 0.5) is 0 Å². The molecular formula is C16H28N2O. The Morgan fingerprint density at radius 1 is 1.16 bits per heavy atom. The van der Waals surface area contributed by atoms with Gasteiger partial charge < -0.3 is 15.4 Å². The average molecular weight is 264 g/mol. The van der Waals surface area contributed by atoms with Crippen molar-refractivity contribution in [3.63, 3.8) is 0 Å². The van der Waals surface area contributed by atoms with Gasteiger partial charge in [-0.3, -0.25) is 0 Å². The molecule has 3 nitrogen and oxygen atoms in total. The first-order valence-electron chi connectivity index (χ1n) is 7.27. The van der Waals surface area contributed by atoms with Crippen molar-refractivity contribution in [3.05, 3.63) is 29.3 Å². The van der Waals surface area contributed by atoms with E-state index in [4.69, 9.17) is 4.74 Å². The zero-order valence-electron chi connectivity index (χ0n) is 12.8. The molecule has 0 aromatic heterocycles. The van der Waals surface area contributed by atoms with Gasteiger partial charge in [-0.15, -0.1) is 0 Å². The highest BCUT2D eigenvalue weighted by atomic mass is 16.5. The van der Waals surface area contributed by atoms with Crippen molar-refractivity contribution in [3.8, 4) is 5.75 Å². The molecule has 1 aromatic rings. The molecule has 0 aliphatic rings. The molecule has 0 saturated carbocycles. The molecule has 0 heterocycles. The van der Waals surface area contributed by atoms with Gasteiger partial charge in [-0.25, -0.2) is 0 Å². The van der Waals surface area contributed by atoms with Crippen molar-refractivity contribution >= 4 is 0 Å². The summed E-state index contributed by atoms with van der Waals surface area (Å²) in [5.41, 5.74) is 2.67. The van der Waals surface area contributed by atoms with Crippen LogP contribution < -0.4 is 15.4 Å². The Morgan fingerprint density at radius 3 is 2.58 bits per heavy atom. The Kier molecular flexibility index (Phi) is 7.53. The fourth-order valence-corrected chi connectivity index (χ4v) is 2.04. The van der Waals surface area contributed by atoms with Gasteiger partial charge in [0.2, 0.25) is 0 Å². The summed E-state index contributed by atoms with van der Waals surface area (Å²) in [6.07, 6.45) is 2.08. The van der Waals surface area contributed by atoms with Crippen LogP contribution >= 0.6 is 0 Å². The topological polar surface area (TPSA) is 33.3 Å². The molecule has 0 unspecified atom stereocenters. The molecule has 3 heteroatoms. The molecular weight excluding hydrogens is 236 g/mol. The van der Waals surface area contributed by atoms with Gasteiger partial charge in [-0.2, -0.15) is 0 Å². The summed E-state index contributed by atoms with van der Waals surface area (Å²) < 4.78 is 5.41. The Labute approximate surface area is 117 Å². The lowest BCUT2D eigenvalue weighted by Crippen LogP contribution is -2.32. The molecule has 0 radical (unpaired) electrons. The van der Waals surface area contributed by atoms with Crippen LogP contribution in [-0.2, 0) is 12.8 Å².